The van der Waals surface area contributed by atoms with E-state index in [-0.39, 0.29) is 31.1 Å². The van der Waals surface area contributed by atoms with Crippen molar-refractivity contribution < 1.29 is 28.6 Å². The maximum absolute atomic E-state index is 12.7. The lowest BCUT2D eigenvalue weighted by Gasteiger charge is -2.18. The van der Waals surface area contributed by atoms with Crippen LogP contribution in [0.1, 0.15) is 233 Å². The quantitative estimate of drug-likeness (QED) is 0.0264. The summed E-state index contributed by atoms with van der Waals surface area (Å²) >= 11 is 0. The molecule has 6 heteroatoms. The van der Waals surface area contributed by atoms with Gasteiger partial charge in [-0.25, -0.2) is 0 Å². The minimum Gasteiger partial charge on any atom is -0.462 e. The smallest absolute Gasteiger partial charge is 0.306 e. The molecule has 0 heterocycles. The lowest BCUT2D eigenvalue weighted by molar-refractivity contribution is -0.167. The van der Waals surface area contributed by atoms with Crippen molar-refractivity contribution in [3.63, 3.8) is 0 Å². The Kier molecular flexibility index (Phi) is 44.5. The molecule has 0 N–H and O–H groups in total. The van der Waals surface area contributed by atoms with Crippen molar-refractivity contribution in [2.45, 2.75) is 239 Å². The first kappa shape index (κ1) is 55.1. The number of hydrogen-bond acceptors (Lipinski definition) is 6. The summed E-state index contributed by atoms with van der Waals surface area (Å²) in [5.74, 6) is -0.952. The molecule has 0 aromatic heterocycles. The van der Waals surface area contributed by atoms with Crippen LogP contribution in [0.2, 0.25) is 0 Å². The molecule has 0 saturated carbocycles. The molecule has 0 aliphatic rings. The molecular formula is C52H90O6. The van der Waals surface area contributed by atoms with Crippen molar-refractivity contribution in [1.82, 2.24) is 0 Å². The van der Waals surface area contributed by atoms with E-state index in [0.29, 0.717) is 19.3 Å². The van der Waals surface area contributed by atoms with Crippen molar-refractivity contribution in [3.05, 3.63) is 60.8 Å². The maximum atomic E-state index is 12.7. The van der Waals surface area contributed by atoms with Gasteiger partial charge in [-0.2, -0.15) is 0 Å². The molecule has 1 atom stereocenters. The Balaban J connectivity index is 4.47. The van der Waals surface area contributed by atoms with Crippen molar-refractivity contribution in [3.8, 4) is 0 Å². The van der Waals surface area contributed by atoms with Crippen LogP contribution in [0.3, 0.4) is 0 Å². The van der Waals surface area contributed by atoms with Crippen molar-refractivity contribution >= 4 is 17.9 Å². The van der Waals surface area contributed by atoms with Crippen molar-refractivity contribution in [1.29, 1.82) is 0 Å². The van der Waals surface area contributed by atoms with Gasteiger partial charge in [0, 0.05) is 19.3 Å². The molecule has 0 bridgehead atoms. The molecule has 0 rings (SSSR count). The lowest BCUT2D eigenvalue weighted by atomic mass is 10.1. The van der Waals surface area contributed by atoms with Crippen LogP contribution < -0.4 is 0 Å². The van der Waals surface area contributed by atoms with Crippen LogP contribution in [0.25, 0.3) is 0 Å². The summed E-state index contributed by atoms with van der Waals surface area (Å²) in [7, 11) is 0. The second kappa shape index (κ2) is 46.8. The predicted octanol–water partition coefficient (Wildman–Crippen LogP) is 15.7. The number of rotatable bonds is 43. The zero-order chi connectivity index (χ0) is 42.3. The van der Waals surface area contributed by atoms with Gasteiger partial charge >= 0.3 is 17.9 Å². The van der Waals surface area contributed by atoms with Gasteiger partial charge in [-0.1, -0.05) is 165 Å². The molecule has 0 saturated heterocycles. The second-order valence-electron chi connectivity index (χ2n) is 16.0. The molecule has 0 aromatic carbocycles. The Morgan fingerprint density at radius 1 is 0.345 bits per heavy atom. The number of carbonyl (C=O) groups excluding carboxylic acids is 3. The number of ether oxygens (including phenoxy) is 3. The van der Waals surface area contributed by atoms with Gasteiger partial charge in [-0.3, -0.25) is 14.4 Å². The zero-order valence-electron chi connectivity index (χ0n) is 38.0. The molecule has 0 aromatic rings. The van der Waals surface area contributed by atoms with E-state index in [1.54, 1.807) is 0 Å². The molecule has 0 aliphatic carbocycles. The SMILES string of the molecule is CCCCC/C=C\C/C=C\C/C=C\CCCCC(=O)OC[C@@H](COC(=O)CCCCCCC/C=C\CCCCC)OC(=O)CCCCCCC/C=C\CCCCCC. The van der Waals surface area contributed by atoms with E-state index in [2.05, 4.69) is 81.5 Å². The highest BCUT2D eigenvalue weighted by atomic mass is 16.6. The number of hydrogen-bond donors (Lipinski definition) is 0. The Labute approximate surface area is 358 Å². The lowest BCUT2D eigenvalue weighted by Crippen LogP contribution is -2.30. The molecule has 0 unspecified atom stereocenters. The molecule has 334 valence electrons. The number of esters is 3. The first-order valence-electron chi connectivity index (χ1n) is 24.3. The summed E-state index contributed by atoms with van der Waals surface area (Å²) < 4.78 is 16.7. The molecule has 0 amide bonds. The Bertz CT molecular complexity index is 1070. The average molecular weight is 811 g/mol. The van der Waals surface area contributed by atoms with Gasteiger partial charge in [0.25, 0.3) is 0 Å². The standard InChI is InChI=1S/C52H90O6/c1-4-7-10-13-16-19-22-25-26-28-30-33-36-39-42-45-51(54)57-48-49(47-56-50(53)44-41-38-35-32-29-24-21-18-15-12-9-6-3)58-52(55)46-43-40-37-34-31-27-23-20-17-14-11-8-5-2/h16,18-21,23,25-26,30,33,49H,4-15,17,22,24,27-29,31-32,34-48H2,1-3H3/b19-16-,21-18-,23-20-,26-25-,33-30-/t49-/m1/s1. The van der Waals surface area contributed by atoms with Crippen LogP contribution in [0.4, 0.5) is 0 Å². The van der Waals surface area contributed by atoms with E-state index in [1.165, 1.54) is 103 Å². The minimum atomic E-state index is -0.795. The van der Waals surface area contributed by atoms with Gasteiger partial charge in [-0.05, 0) is 109 Å². The Hall–Kier alpha value is -2.89. The Morgan fingerprint density at radius 3 is 1.05 bits per heavy atom. The summed E-state index contributed by atoms with van der Waals surface area (Å²) in [5.41, 5.74) is 0. The van der Waals surface area contributed by atoms with Gasteiger partial charge in [0.1, 0.15) is 13.2 Å². The van der Waals surface area contributed by atoms with Crippen LogP contribution in [-0.2, 0) is 28.6 Å². The van der Waals surface area contributed by atoms with Crippen LogP contribution >= 0.6 is 0 Å². The van der Waals surface area contributed by atoms with Gasteiger partial charge in [0.05, 0.1) is 0 Å². The highest BCUT2D eigenvalue weighted by molar-refractivity contribution is 5.71. The van der Waals surface area contributed by atoms with E-state index in [1.807, 2.05) is 0 Å². The van der Waals surface area contributed by atoms with E-state index in [0.717, 1.165) is 89.9 Å². The normalized spacial score (nSPS) is 12.5. The number of unbranched alkanes of at least 4 members (excludes halogenated alkanes) is 22. The first-order chi connectivity index (χ1) is 28.5. The second-order valence-corrected chi connectivity index (χ2v) is 16.0. The summed E-state index contributed by atoms with van der Waals surface area (Å²) in [5, 5.41) is 0. The van der Waals surface area contributed by atoms with E-state index < -0.39 is 6.10 Å². The van der Waals surface area contributed by atoms with E-state index in [9.17, 15) is 14.4 Å². The third-order valence-corrected chi connectivity index (χ3v) is 10.2. The highest BCUT2D eigenvalue weighted by Crippen LogP contribution is 2.13. The van der Waals surface area contributed by atoms with Crippen molar-refractivity contribution in [2.75, 3.05) is 13.2 Å². The summed E-state index contributed by atoms with van der Waals surface area (Å²) in [6.07, 6.45) is 56.3. The minimum absolute atomic E-state index is 0.0942. The number of carbonyl (C=O) groups is 3. The highest BCUT2D eigenvalue weighted by Gasteiger charge is 2.19. The fraction of sp³-hybridized carbons (Fsp3) is 0.750. The summed E-state index contributed by atoms with van der Waals surface area (Å²) in [6, 6.07) is 0. The first-order valence-corrected chi connectivity index (χ1v) is 24.3. The molecule has 0 aliphatic heterocycles. The van der Waals surface area contributed by atoms with Gasteiger partial charge in [-0.15, -0.1) is 0 Å². The van der Waals surface area contributed by atoms with E-state index in [4.69, 9.17) is 14.2 Å². The van der Waals surface area contributed by atoms with Gasteiger partial charge < -0.3 is 14.2 Å². The topological polar surface area (TPSA) is 78.9 Å². The third-order valence-electron chi connectivity index (χ3n) is 10.2. The Morgan fingerprint density at radius 2 is 0.621 bits per heavy atom. The van der Waals surface area contributed by atoms with Gasteiger partial charge in [0.15, 0.2) is 6.10 Å². The fourth-order valence-corrected chi connectivity index (χ4v) is 6.49. The zero-order valence-corrected chi connectivity index (χ0v) is 38.0. The van der Waals surface area contributed by atoms with Crippen LogP contribution in [0.15, 0.2) is 60.8 Å². The van der Waals surface area contributed by atoms with Gasteiger partial charge in [0.2, 0.25) is 0 Å². The van der Waals surface area contributed by atoms with Crippen LogP contribution in [0.5, 0.6) is 0 Å². The van der Waals surface area contributed by atoms with Crippen molar-refractivity contribution in [2.24, 2.45) is 0 Å². The third kappa shape index (κ3) is 44.2. The largest absolute Gasteiger partial charge is 0.462 e. The molecule has 0 radical (unpaired) electrons. The summed E-state index contributed by atoms with van der Waals surface area (Å²) in [6.45, 7) is 6.51. The van der Waals surface area contributed by atoms with E-state index >= 15 is 0 Å². The predicted molar refractivity (Wildman–Crippen MR) is 247 cm³/mol. The van der Waals surface area contributed by atoms with Crippen LogP contribution in [0, 0.1) is 0 Å². The molecule has 6 nitrogen and oxygen atoms in total. The number of allylic oxidation sites excluding steroid dienone is 10. The van der Waals surface area contributed by atoms with Crippen LogP contribution in [-0.4, -0.2) is 37.2 Å². The molecule has 0 spiro atoms. The molecular weight excluding hydrogens is 721 g/mol. The maximum Gasteiger partial charge on any atom is 0.306 e. The fourth-order valence-electron chi connectivity index (χ4n) is 6.49. The summed E-state index contributed by atoms with van der Waals surface area (Å²) in [4.78, 5) is 37.8. The average Bonchev–Trinajstić information content (AvgIpc) is 3.22. The molecule has 58 heavy (non-hydrogen) atoms. The monoisotopic (exact) mass is 811 g/mol. The molecule has 0 fully saturated rings.